The van der Waals surface area contributed by atoms with Crippen LogP contribution in [-0.4, -0.2) is 27.4 Å². The van der Waals surface area contributed by atoms with Crippen molar-refractivity contribution in [3.8, 4) is 0 Å². The van der Waals surface area contributed by atoms with E-state index in [1.807, 2.05) is 12.3 Å². The lowest BCUT2D eigenvalue weighted by atomic mass is 10.2. The highest BCUT2D eigenvalue weighted by atomic mass is 32.2. The second-order valence-electron chi connectivity index (χ2n) is 4.01. The first-order valence-corrected chi connectivity index (χ1v) is 6.74. The molecule has 1 aliphatic rings. The van der Waals surface area contributed by atoms with Crippen molar-refractivity contribution in [1.29, 1.82) is 0 Å². The predicted molar refractivity (Wildman–Crippen MR) is 66.7 cm³/mol. The highest BCUT2D eigenvalue weighted by Crippen LogP contribution is 2.33. The first kappa shape index (κ1) is 11.7. The zero-order valence-corrected chi connectivity index (χ0v) is 10.4. The SMILES string of the molecule is Fc1ccccc1Cn1cc([C@H]2OCCS2)nn1. The lowest BCUT2D eigenvalue weighted by Crippen LogP contribution is -2.02. The fraction of sp³-hybridized carbons (Fsp3) is 0.333. The largest absolute Gasteiger partial charge is 0.360 e. The number of aromatic nitrogens is 3. The van der Waals surface area contributed by atoms with Gasteiger partial charge in [-0.1, -0.05) is 23.4 Å². The Morgan fingerprint density at radius 1 is 1.44 bits per heavy atom. The zero-order chi connectivity index (χ0) is 12.4. The van der Waals surface area contributed by atoms with Gasteiger partial charge in [-0.25, -0.2) is 9.07 Å². The van der Waals surface area contributed by atoms with Crippen LogP contribution in [-0.2, 0) is 11.3 Å². The van der Waals surface area contributed by atoms with Crippen LogP contribution in [0.5, 0.6) is 0 Å². The molecule has 0 amide bonds. The first-order valence-electron chi connectivity index (χ1n) is 5.69. The van der Waals surface area contributed by atoms with Crippen molar-refractivity contribution >= 4 is 11.8 Å². The fourth-order valence-corrected chi connectivity index (χ4v) is 2.71. The number of benzene rings is 1. The third-order valence-electron chi connectivity index (χ3n) is 2.71. The Morgan fingerprint density at radius 2 is 2.33 bits per heavy atom. The second-order valence-corrected chi connectivity index (χ2v) is 5.18. The van der Waals surface area contributed by atoms with Crippen LogP contribution >= 0.6 is 11.8 Å². The van der Waals surface area contributed by atoms with Gasteiger partial charge in [-0.3, -0.25) is 0 Å². The van der Waals surface area contributed by atoms with Crippen LogP contribution in [0, 0.1) is 5.82 Å². The molecule has 0 N–H and O–H groups in total. The van der Waals surface area contributed by atoms with Gasteiger partial charge in [-0.15, -0.1) is 16.9 Å². The number of hydrogen-bond acceptors (Lipinski definition) is 4. The molecule has 1 saturated heterocycles. The molecule has 3 rings (SSSR count). The Labute approximate surface area is 108 Å². The molecule has 6 heteroatoms. The third-order valence-corrected chi connectivity index (χ3v) is 3.79. The van der Waals surface area contributed by atoms with E-state index in [1.54, 1.807) is 28.6 Å². The Hall–Kier alpha value is -1.40. The summed E-state index contributed by atoms with van der Waals surface area (Å²) in [6.45, 7) is 1.13. The predicted octanol–water partition coefficient (Wildman–Crippen LogP) is 2.23. The molecular weight excluding hydrogens is 253 g/mol. The third kappa shape index (κ3) is 2.39. The lowest BCUT2D eigenvalue weighted by molar-refractivity contribution is 0.142. The van der Waals surface area contributed by atoms with Crippen LogP contribution in [0.4, 0.5) is 4.39 Å². The summed E-state index contributed by atoms with van der Waals surface area (Å²) < 4.78 is 20.6. The molecule has 0 saturated carbocycles. The minimum absolute atomic E-state index is 0.0284. The standard InChI is InChI=1S/C12H12FN3OS/c13-10-4-2-1-3-9(10)7-16-8-11(14-15-16)12-17-5-6-18-12/h1-4,8,12H,5-7H2/t12-/m0/s1. The fourth-order valence-electron chi connectivity index (χ4n) is 1.83. The van der Waals surface area contributed by atoms with Gasteiger partial charge < -0.3 is 4.74 Å². The average molecular weight is 265 g/mol. The van der Waals surface area contributed by atoms with Gasteiger partial charge >= 0.3 is 0 Å². The van der Waals surface area contributed by atoms with Crippen molar-refractivity contribution in [1.82, 2.24) is 15.0 Å². The molecule has 1 aliphatic heterocycles. The second kappa shape index (κ2) is 5.07. The summed E-state index contributed by atoms with van der Waals surface area (Å²) in [6, 6.07) is 6.68. The molecule has 0 radical (unpaired) electrons. The highest BCUT2D eigenvalue weighted by molar-refractivity contribution is 7.99. The lowest BCUT2D eigenvalue weighted by Gasteiger charge is -2.03. The van der Waals surface area contributed by atoms with Gasteiger partial charge in [0.25, 0.3) is 0 Å². The van der Waals surface area contributed by atoms with Crippen molar-refractivity contribution < 1.29 is 9.13 Å². The maximum absolute atomic E-state index is 13.5. The molecule has 2 aromatic rings. The van der Waals surface area contributed by atoms with Crippen LogP contribution in [0.1, 0.15) is 16.7 Å². The molecular formula is C12H12FN3OS. The van der Waals surface area contributed by atoms with Gasteiger partial charge in [0.05, 0.1) is 19.3 Å². The molecule has 0 bridgehead atoms. The summed E-state index contributed by atoms with van der Waals surface area (Å²) in [5, 5.41) is 8.07. The molecule has 1 aromatic heterocycles. The van der Waals surface area contributed by atoms with Crippen LogP contribution in [0.3, 0.4) is 0 Å². The Bertz CT molecular complexity index is 540. The molecule has 0 aliphatic carbocycles. The van der Waals surface area contributed by atoms with E-state index in [0.29, 0.717) is 12.1 Å². The topological polar surface area (TPSA) is 39.9 Å². The van der Waals surface area contributed by atoms with Crippen molar-refractivity contribution in [2.45, 2.75) is 12.0 Å². The maximum atomic E-state index is 13.5. The molecule has 94 valence electrons. The van der Waals surface area contributed by atoms with Crippen molar-refractivity contribution in [2.24, 2.45) is 0 Å². The van der Waals surface area contributed by atoms with Gasteiger partial charge in [0, 0.05) is 11.3 Å². The minimum atomic E-state index is -0.221. The van der Waals surface area contributed by atoms with Crippen LogP contribution in [0.25, 0.3) is 0 Å². The molecule has 2 heterocycles. The van der Waals surface area contributed by atoms with Crippen molar-refractivity contribution in [2.75, 3.05) is 12.4 Å². The van der Waals surface area contributed by atoms with E-state index in [2.05, 4.69) is 10.3 Å². The maximum Gasteiger partial charge on any atom is 0.148 e. The highest BCUT2D eigenvalue weighted by Gasteiger charge is 2.21. The summed E-state index contributed by atoms with van der Waals surface area (Å²) in [7, 11) is 0. The minimum Gasteiger partial charge on any atom is -0.360 e. The zero-order valence-electron chi connectivity index (χ0n) is 9.62. The quantitative estimate of drug-likeness (QED) is 0.853. The number of halogens is 1. The summed E-state index contributed by atoms with van der Waals surface area (Å²) in [5.74, 6) is 0.756. The van der Waals surface area contributed by atoms with Gasteiger partial charge in [-0.05, 0) is 6.07 Å². The number of hydrogen-bond donors (Lipinski definition) is 0. The molecule has 0 unspecified atom stereocenters. The van der Waals surface area contributed by atoms with E-state index in [-0.39, 0.29) is 11.3 Å². The van der Waals surface area contributed by atoms with E-state index >= 15 is 0 Å². The van der Waals surface area contributed by atoms with E-state index in [4.69, 9.17) is 4.74 Å². The monoisotopic (exact) mass is 265 g/mol. The normalized spacial score (nSPS) is 19.3. The summed E-state index contributed by atoms with van der Waals surface area (Å²) in [5.41, 5.74) is 1.38. The molecule has 1 aromatic carbocycles. The van der Waals surface area contributed by atoms with Crippen LogP contribution < -0.4 is 0 Å². The van der Waals surface area contributed by atoms with E-state index < -0.39 is 0 Å². The van der Waals surface area contributed by atoms with Gasteiger partial charge in [0.1, 0.15) is 16.9 Å². The van der Waals surface area contributed by atoms with Crippen molar-refractivity contribution in [3.05, 3.63) is 47.5 Å². The van der Waals surface area contributed by atoms with Gasteiger partial charge in [0.15, 0.2) is 0 Å². The smallest absolute Gasteiger partial charge is 0.148 e. The molecule has 1 fully saturated rings. The van der Waals surface area contributed by atoms with Crippen LogP contribution in [0.2, 0.25) is 0 Å². The Kier molecular flexibility index (Phi) is 3.29. The molecule has 4 nitrogen and oxygen atoms in total. The number of thioether (sulfide) groups is 1. The van der Waals surface area contributed by atoms with Gasteiger partial charge in [0.2, 0.25) is 0 Å². The summed E-state index contributed by atoms with van der Waals surface area (Å²) in [4.78, 5) is 0. The van der Waals surface area contributed by atoms with E-state index in [9.17, 15) is 4.39 Å². The van der Waals surface area contributed by atoms with E-state index in [1.165, 1.54) is 6.07 Å². The van der Waals surface area contributed by atoms with E-state index in [0.717, 1.165) is 18.1 Å². The number of rotatable bonds is 3. The molecule has 1 atom stereocenters. The summed E-state index contributed by atoms with van der Waals surface area (Å²) >= 11 is 1.71. The molecule has 0 spiro atoms. The Morgan fingerprint density at radius 3 is 3.11 bits per heavy atom. The van der Waals surface area contributed by atoms with Gasteiger partial charge in [-0.2, -0.15) is 0 Å². The number of nitrogens with zero attached hydrogens (tertiary/aromatic N) is 3. The average Bonchev–Trinajstić information content (AvgIpc) is 3.02. The first-order chi connectivity index (χ1) is 8.83. The Balaban J connectivity index is 1.75. The number of ether oxygens (including phenoxy) is 1. The van der Waals surface area contributed by atoms with Crippen LogP contribution in [0.15, 0.2) is 30.5 Å². The molecule has 18 heavy (non-hydrogen) atoms. The summed E-state index contributed by atoms with van der Waals surface area (Å²) in [6.07, 6.45) is 1.81. The van der Waals surface area contributed by atoms with Crippen molar-refractivity contribution in [3.63, 3.8) is 0 Å².